The van der Waals surface area contributed by atoms with Crippen molar-refractivity contribution in [2.45, 2.75) is 0 Å². The molecule has 0 saturated heterocycles. The van der Waals surface area contributed by atoms with Crippen molar-refractivity contribution in [3.8, 4) is 0 Å². The second-order valence-corrected chi connectivity index (χ2v) is 2.59. The van der Waals surface area contributed by atoms with E-state index in [4.69, 9.17) is 0 Å². The number of benzene rings is 1. The van der Waals surface area contributed by atoms with Gasteiger partial charge in [0.25, 0.3) is 0 Å². The van der Waals surface area contributed by atoms with Crippen LogP contribution in [0.2, 0.25) is 0 Å². The highest BCUT2D eigenvalue weighted by Crippen LogP contribution is 2.15. The van der Waals surface area contributed by atoms with Crippen LogP contribution in [-0.2, 0) is 0 Å². The molecule has 0 aromatic heterocycles. The minimum Gasteiger partial charge on any atom is -0.345 e. The molecule has 0 spiro atoms. The van der Waals surface area contributed by atoms with Crippen molar-refractivity contribution in [1.29, 1.82) is 0 Å². The van der Waals surface area contributed by atoms with Gasteiger partial charge in [-0.25, -0.2) is 0 Å². The first-order chi connectivity index (χ1) is 5.75. The standard InChI is InChI=1S/C11H13N/c1-4-10(2)12(3)11-8-6-5-7-9-11/h4-9H,1-2H2,3H3. The van der Waals surface area contributed by atoms with Gasteiger partial charge >= 0.3 is 0 Å². The Balaban J connectivity index is 2.85. The Morgan fingerprint density at radius 2 is 1.92 bits per heavy atom. The van der Waals surface area contributed by atoms with E-state index in [-0.39, 0.29) is 0 Å². The van der Waals surface area contributed by atoms with Crippen molar-refractivity contribution in [3.63, 3.8) is 0 Å². The van der Waals surface area contributed by atoms with Crippen LogP contribution >= 0.6 is 0 Å². The zero-order chi connectivity index (χ0) is 8.97. The van der Waals surface area contributed by atoms with Gasteiger partial charge < -0.3 is 4.90 Å². The first-order valence-corrected chi connectivity index (χ1v) is 3.86. The van der Waals surface area contributed by atoms with Crippen LogP contribution in [0.3, 0.4) is 0 Å². The summed E-state index contributed by atoms with van der Waals surface area (Å²) >= 11 is 0. The van der Waals surface area contributed by atoms with Gasteiger partial charge in [-0.3, -0.25) is 0 Å². The number of para-hydroxylation sites is 1. The fourth-order valence-corrected chi connectivity index (χ4v) is 0.954. The van der Waals surface area contributed by atoms with Gasteiger partial charge in [-0.1, -0.05) is 31.4 Å². The molecule has 0 aliphatic carbocycles. The van der Waals surface area contributed by atoms with Crippen molar-refractivity contribution >= 4 is 5.69 Å². The first-order valence-electron chi connectivity index (χ1n) is 3.86. The molecule has 0 bridgehead atoms. The van der Waals surface area contributed by atoms with Crippen LogP contribution in [0.1, 0.15) is 0 Å². The Kier molecular flexibility index (Phi) is 2.70. The molecule has 0 heterocycles. The zero-order valence-corrected chi connectivity index (χ0v) is 7.33. The quantitative estimate of drug-likeness (QED) is 0.613. The average Bonchev–Trinajstić information content (AvgIpc) is 2.17. The third-order valence-corrected chi connectivity index (χ3v) is 1.81. The van der Waals surface area contributed by atoms with E-state index in [1.807, 2.05) is 42.3 Å². The summed E-state index contributed by atoms with van der Waals surface area (Å²) in [4.78, 5) is 1.99. The van der Waals surface area contributed by atoms with E-state index >= 15 is 0 Å². The topological polar surface area (TPSA) is 3.24 Å². The molecule has 1 aromatic rings. The Bertz CT molecular complexity index is 274. The number of allylic oxidation sites excluding steroid dienone is 1. The van der Waals surface area contributed by atoms with Gasteiger partial charge in [-0.15, -0.1) is 0 Å². The van der Waals surface area contributed by atoms with Crippen LogP contribution in [0.4, 0.5) is 5.69 Å². The average molecular weight is 159 g/mol. The summed E-state index contributed by atoms with van der Waals surface area (Å²) in [6.45, 7) is 7.52. The second kappa shape index (κ2) is 3.77. The van der Waals surface area contributed by atoms with Crippen LogP contribution in [0.15, 0.2) is 55.3 Å². The highest BCUT2D eigenvalue weighted by atomic mass is 15.1. The third kappa shape index (κ3) is 1.76. The van der Waals surface area contributed by atoms with Crippen LogP contribution < -0.4 is 4.90 Å². The van der Waals surface area contributed by atoms with Crippen molar-refractivity contribution in [3.05, 3.63) is 55.3 Å². The number of likely N-dealkylation sites (N-methyl/N-ethyl adjacent to an activating group) is 1. The maximum Gasteiger partial charge on any atom is 0.0407 e. The monoisotopic (exact) mass is 159 g/mol. The first kappa shape index (κ1) is 8.60. The Hall–Kier alpha value is -1.50. The maximum atomic E-state index is 3.86. The lowest BCUT2D eigenvalue weighted by molar-refractivity contribution is 1.15. The molecule has 0 aliphatic heterocycles. The highest BCUT2D eigenvalue weighted by molar-refractivity contribution is 5.52. The summed E-state index contributed by atoms with van der Waals surface area (Å²) in [5.74, 6) is 0. The fraction of sp³-hybridized carbons (Fsp3) is 0.0909. The summed E-state index contributed by atoms with van der Waals surface area (Å²) in [5.41, 5.74) is 2.03. The van der Waals surface area contributed by atoms with Gasteiger partial charge in [0, 0.05) is 18.4 Å². The lowest BCUT2D eigenvalue weighted by Crippen LogP contribution is -2.13. The second-order valence-electron chi connectivity index (χ2n) is 2.59. The number of anilines is 1. The van der Waals surface area contributed by atoms with Crippen LogP contribution in [0.5, 0.6) is 0 Å². The molecule has 0 radical (unpaired) electrons. The Morgan fingerprint density at radius 3 is 2.42 bits per heavy atom. The predicted molar refractivity (Wildman–Crippen MR) is 54.2 cm³/mol. The molecule has 0 atom stereocenters. The highest BCUT2D eigenvalue weighted by Gasteiger charge is 1.98. The van der Waals surface area contributed by atoms with Gasteiger partial charge in [-0.05, 0) is 18.2 Å². The van der Waals surface area contributed by atoms with E-state index in [0.29, 0.717) is 0 Å². The van der Waals surface area contributed by atoms with Gasteiger partial charge in [0.2, 0.25) is 0 Å². The van der Waals surface area contributed by atoms with E-state index in [2.05, 4.69) is 13.2 Å². The molecule has 1 aromatic carbocycles. The van der Waals surface area contributed by atoms with Crippen molar-refractivity contribution < 1.29 is 0 Å². The summed E-state index contributed by atoms with van der Waals surface area (Å²) in [6.07, 6.45) is 1.74. The maximum absolute atomic E-state index is 3.86. The van der Waals surface area contributed by atoms with Crippen molar-refractivity contribution in [1.82, 2.24) is 0 Å². The summed E-state index contributed by atoms with van der Waals surface area (Å²) in [6, 6.07) is 10.1. The van der Waals surface area contributed by atoms with Crippen molar-refractivity contribution in [2.75, 3.05) is 11.9 Å². The van der Waals surface area contributed by atoms with E-state index in [9.17, 15) is 0 Å². The largest absolute Gasteiger partial charge is 0.345 e. The van der Waals surface area contributed by atoms with Gasteiger partial charge in [0.1, 0.15) is 0 Å². The number of hydrogen-bond acceptors (Lipinski definition) is 1. The fourth-order valence-electron chi connectivity index (χ4n) is 0.954. The summed E-state index contributed by atoms with van der Waals surface area (Å²) in [7, 11) is 1.97. The Labute approximate surface area is 73.6 Å². The molecule has 0 amide bonds. The van der Waals surface area contributed by atoms with Crippen molar-refractivity contribution in [2.24, 2.45) is 0 Å². The Morgan fingerprint density at radius 1 is 1.33 bits per heavy atom. The number of hydrogen-bond donors (Lipinski definition) is 0. The number of rotatable bonds is 3. The van der Waals surface area contributed by atoms with E-state index < -0.39 is 0 Å². The minimum absolute atomic E-state index is 0.904. The van der Waals surface area contributed by atoms with E-state index in [0.717, 1.165) is 11.4 Å². The van der Waals surface area contributed by atoms with Crippen LogP contribution in [0, 0.1) is 0 Å². The lowest BCUT2D eigenvalue weighted by Gasteiger charge is -2.18. The smallest absolute Gasteiger partial charge is 0.0407 e. The molecule has 0 fully saturated rings. The molecule has 0 N–H and O–H groups in total. The van der Waals surface area contributed by atoms with E-state index in [1.165, 1.54) is 0 Å². The minimum atomic E-state index is 0.904. The molecule has 1 rings (SSSR count). The van der Waals surface area contributed by atoms with E-state index in [1.54, 1.807) is 6.08 Å². The molecule has 12 heavy (non-hydrogen) atoms. The summed E-state index contributed by atoms with van der Waals surface area (Å²) < 4.78 is 0. The molecule has 62 valence electrons. The van der Waals surface area contributed by atoms with Gasteiger partial charge in [0.15, 0.2) is 0 Å². The zero-order valence-electron chi connectivity index (χ0n) is 7.33. The van der Waals surface area contributed by atoms with Crippen LogP contribution in [0.25, 0.3) is 0 Å². The molecular weight excluding hydrogens is 146 g/mol. The molecule has 0 saturated carbocycles. The summed E-state index contributed by atoms with van der Waals surface area (Å²) in [5, 5.41) is 0. The SMILES string of the molecule is C=CC(=C)N(C)c1ccccc1. The third-order valence-electron chi connectivity index (χ3n) is 1.81. The molecule has 0 unspecified atom stereocenters. The van der Waals surface area contributed by atoms with Gasteiger partial charge in [0.05, 0.1) is 0 Å². The normalized spacial score (nSPS) is 9.08. The molecule has 0 aliphatic rings. The molecule has 1 nitrogen and oxygen atoms in total. The molecule has 1 heteroatoms. The molecular formula is C11H13N. The van der Waals surface area contributed by atoms with Gasteiger partial charge in [-0.2, -0.15) is 0 Å². The van der Waals surface area contributed by atoms with Crippen LogP contribution in [-0.4, -0.2) is 7.05 Å². The number of nitrogens with zero attached hydrogens (tertiary/aromatic N) is 1. The lowest BCUT2D eigenvalue weighted by atomic mass is 10.3. The predicted octanol–water partition coefficient (Wildman–Crippen LogP) is 2.82.